The third-order valence-corrected chi connectivity index (χ3v) is 3.66. The summed E-state index contributed by atoms with van der Waals surface area (Å²) in [7, 11) is 0. The monoisotopic (exact) mass is 225 g/mol. The Morgan fingerprint density at radius 1 is 1.00 bits per heavy atom. The minimum atomic E-state index is 1.16. The lowest BCUT2D eigenvalue weighted by Gasteiger charge is -2.01. The molecule has 0 bridgehead atoms. The molecular formula is C14H11NS. The van der Waals surface area contributed by atoms with Gasteiger partial charge in [-0.25, -0.2) is 0 Å². The number of allylic oxidation sites excluding steroid dienone is 4. The van der Waals surface area contributed by atoms with Crippen molar-refractivity contribution in [2.75, 3.05) is 0 Å². The van der Waals surface area contributed by atoms with Crippen molar-refractivity contribution in [2.24, 2.45) is 0 Å². The van der Waals surface area contributed by atoms with E-state index in [1.807, 2.05) is 29.7 Å². The van der Waals surface area contributed by atoms with Gasteiger partial charge in [0.1, 0.15) is 0 Å². The Morgan fingerprint density at radius 2 is 1.94 bits per heavy atom. The van der Waals surface area contributed by atoms with Crippen molar-refractivity contribution < 1.29 is 0 Å². The Hall–Kier alpha value is -1.80. The minimum Gasteiger partial charge on any atom is -0.361 e. The first-order valence-electron chi connectivity index (χ1n) is 5.22. The zero-order chi connectivity index (χ0) is 10.8. The van der Waals surface area contributed by atoms with Crippen molar-refractivity contribution in [3.8, 4) is 0 Å². The van der Waals surface area contributed by atoms with Crippen LogP contribution in [0.25, 0.3) is 15.8 Å². The van der Waals surface area contributed by atoms with E-state index in [1.54, 1.807) is 0 Å². The molecule has 16 heavy (non-hydrogen) atoms. The number of hydrogen-bond donors (Lipinski definition) is 1. The molecule has 78 valence electrons. The largest absolute Gasteiger partial charge is 0.361 e. The lowest BCUT2D eigenvalue weighted by atomic mass is 10.2. The number of fused-ring (bicyclic) bond motifs is 1. The fourth-order valence-corrected chi connectivity index (χ4v) is 2.78. The van der Waals surface area contributed by atoms with Gasteiger partial charge in [-0.05, 0) is 29.7 Å². The number of thiophene rings is 1. The summed E-state index contributed by atoms with van der Waals surface area (Å²) >= 11 is 1.81. The fraction of sp³-hybridized carbons (Fsp3) is 0. The van der Waals surface area contributed by atoms with Gasteiger partial charge in [-0.1, -0.05) is 30.4 Å². The second-order valence-electron chi connectivity index (χ2n) is 3.62. The van der Waals surface area contributed by atoms with Crippen molar-refractivity contribution in [1.29, 1.82) is 0 Å². The highest BCUT2D eigenvalue weighted by atomic mass is 32.1. The summed E-state index contributed by atoms with van der Waals surface area (Å²) in [6.45, 7) is 0. The van der Waals surface area contributed by atoms with Gasteiger partial charge in [0.05, 0.1) is 10.6 Å². The zero-order valence-electron chi connectivity index (χ0n) is 8.68. The molecule has 0 saturated heterocycles. The second kappa shape index (κ2) is 3.99. The Kier molecular flexibility index (Phi) is 2.35. The van der Waals surface area contributed by atoms with Gasteiger partial charge in [0.15, 0.2) is 0 Å². The summed E-state index contributed by atoms with van der Waals surface area (Å²) < 4.78 is 1.33. The molecule has 0 unspecified atom stereocenters. The lowest BCUT2D eigenvalue weighted by molar-refractivity contribution is 1.24. The van der Waals surface area contributed by atoms with E-state index in [0.29, 0.717) is 0 Å². The predicted octanol–water partition coefficient (Wildman–Crippen LogP) is 3.92. The number of rotatable bonds is 1. The summed E-state index contributed by atoms with van der Waals surface area (Å²) in [4.78, 5) is 1.28. The van der Waals surface area contributed by atoms with Crippen LogP contribution in [-0.2, 0) is 0 Å². The highest BCUT2D eigenvalue weighted by Crippen LogP contribution is 2.29. The van der Waals surface area contributed by atoms with Crippen molar-refractivity contribution in [2.45, 2.75) is 0 Å². The van der Waals surface area contributed by atoms with E-state index >= 15 is 0 Å². The average Bonchev–Trinajstić information content (AvgIpc) is 2.56. The molecule has 2 heterocycles. The van der Waals surface area contributed by atoms with Crippen LogP contribution in [0.2, 0.25) is 0 Å². The molecule has 1 aromatic heterocycles. The van der Waals surface area contributed by atoms with Crippen molar-refractivity contribution >= 4 is 27.1 Å². The van der Waals surface area contributed by atoms with Crippen LogP contribution in [-0.4, -0.2) is 0 Å². The van der Waals surface area contributed by atoms with Crippen molar-refractivity contribution in [3.63, 3.8) is 0 Å². The molecule has 0 fully saturated rings. The normalized spacial score (nSPS) is 14.6. The molecule has 0 radical (unpaired) electrons. The number of hydrogen-bond acceptors (Lipinski definition) is 2. The van der Waals surface area contributed by atoms with E-state index in [-0.39, 0.29) is 0 Å². The van der Waals surface area contributed by atoms with Crippen LogP contribution in [0.1, 0.15) is 4.88 Å². The van der Waals surface area contributed by atoms with E-state index in [4.69, 9.17) is 0 Å². The first-order valence-corrected chi connectivity index (χ1v) is 6.04. The van der Waals surface area contributed by atoms with Crippen LogP contribution in [0.15, 0.2) is 60.8 Å². The van der Waals surface area contributed by atoms with Crippen LogP contribution >= 0.6 is 11.3 Å². The lowest BCUT2D eigenvalue weighted by Crippen LogP contribution is -2.00. The smallest absolute Gasteiger partial charge is 0.0555 e. The zero-order valence-corrected chi connectivity index (χ0v) is 9.50. The summed E-state index contributed by atoms with van der Waals surface area (Å²) in [6.07, 6.45) is 10.1. The molecule has 1 aliphatic rings. The topological polar surface area (TPSA) is 12.0 Å². The first kappa shape index (κ1) is 9.43. The molecule has 0 aliphatic carbocycles. The second-order valence-corrected chi connectivity index (χ2v) is 4.70. The molecule has 0 spiro atoms. The molecule has 1 aromatic carbocycles. The minimum absolute atomic E-state index is 1.16. The molecule has 0 saturated carbocycles. The van der Waals surface area contributed by atoms with Crippen molar-refractivity contribution in [3.05, 3.63) is 65.7 Å². The van der Waals surface area contributed by atoms with Gasteiger partial charge in [0, 0.05) is 10.9 Å². The maximum absolute atomic E-state index is 3.29. The molecule has 3 rings (SSSR count). The van der Waals surface area contributed by atoms with E-state index in [0.717, 1.165) is 5.70 Å². The van der Waals surface area contributed by atoms with Crippen LogP contribution in [0.4, 0.5) is 0 Å². The van der Waals surface area contributed by atoms with Gasteiger partial charge < -0.3 is 5.32 Å². The predicted molar refractivity (Wildman–Crippen MR) is 71.2 cm³/mol. The summed E-state index contributed by atoms with van der Waals surface area (Å²) in [5, 5.41) is 4.60. The summed E-state index contributed by atoms with van der Waals surface area (Å²) in [6, 6.07) is 10.7. The van der Waals surface area contributed by atoms with E-state index in [9.17, 15) is 0 Å². The van der Waals surface area contributed by atoms with Crippen LogP contribution in [0.5, 0.6) is 0 Å². The van der Waals surface area contributed by atoms with Crippen LogP contribution in [0, 0.1) is 0 Å². The Bertz CT molecular complexity index is 569. The van der Waals surface area contributed by atoms with Gasteiger partial charge in [-0.2, -0.15) is 0 Å². The molecular weight excluding hydrogens is 214 g/mol. The maximum atomic E-state index is 3.29. The van der Waals surface area contributed by atoms with Crippen molar-refractivity contribution in [1.82, 2.24) is 5.32 Å². The third kappa shape index (κ3) is 1.68. The summed E-state index contributed by atoms with van der Waals surface area (Å²) in [5.74, 6) is 0. The fourth-order valence-electron chi connectivity index (χ4n) is 1.73. The van der Waals surface area contributed by atoms with E-state index in [1.165, 1.54) is 15.0 Å². The highest BCUT2D eigenvalue weighted by molar-refractivity contribution is 7.20. The molecule has 0 amide bonds. The SMILES string of the molecule is C1=CC=C(c2cc3ccccc3s2)NC=C1. The highest BCUT2D eigenvalue weighted by Gasteiger charge is 2.05. The maximum Gasteiger partial charge on any atom is 0.0555 e. The molecule has 1 nitrogen and oxygen atoms in total. The number of benzene rings is 1. The average molecular weight is 225 g/mol. The Labute approximate surface area is 98.4 Å². The molecule has 2 aromatic rings. The quantitative estimate of drug-likeness (QED) is 0.775. The van der Waals surface area contributed by atoms with E-state index < -0.39 is 0 Å². The molecule has 1 N–H and O–H groups in total. The van der Waals surface area contributed by atoms with Gasteiger partial charge >= 0.3 is 0 Å². The molecule has 1 aliphatic heterocycles. The molecule has 2 heteroatoms. The van der Waals surface area contributed by atoms with Gasteiger partial charge in [-0.15, -0.1) is 11.3 Å². The van der Waals surface area contributed by atoms with Gasteiger partial charge in [0.2, 0.25) is 0 Å². The standard InChI is InChI=1S/C14H11NS/c1-2-7-12(15-9-5-1)14-10-11-6-3-4-8-13(11)16-14/h1-10,15H. The molecule has 0 atom stereocenters. The van der Waals surface area contributed by atoms with Crippen LogP contribution in [0.3, 0.4) is 0 Å². The summed E-state index contributed by atoms with van der Waals surface area (Å²) in [5.41, 5.74) is 1.16. The first-order chi connectivity index (χ1) is 7.93. The van der Waals surface area contributed by atoms with Gasteiger partial charge in [0.25, 0.3) is 0 Å². The Morgan fingerprint density at radius 3 is 2.88 bits per heavy atom. The van der Waals surface area contributed by atoms with Gasteiger partial charge in [-0.3, -0.25) is 0 Å². The number of nitrogens with one attached hydrogen (secondary N) is 1. The Balaban J connectivity index is 2.09. The van der Waals surface area contributed by atoms with E-state index in [2.05, 4.69) is 47.8 Å². The van der Waals surface area contributed by atoms with Crippen LogP contribution < -0.4 is 5.32 Å². The third-order valence-electron chi connectivity index (χ3n) is 2.51.